The van der Waals surface area contributed by atoms with Gasteiger partial charge in [-0.3, -0.25) is 19.2 Å². The van der Waals surface area contributed by atoms with Crippen molar-refractivity contribution in [2.75, 3.05) is 0 Å². The Morgan fingerprint density at radius 3 is 2.59 bits per heavy atom. The maximum absolute atomic E-state index is 12.9. The van der Waals surface area contributed by atoms with Gasteiger partial charge in [-0.2, -0.15) is 5.10 Å². The molecule has 0 radical (unpaired) electrons. The number of rotatable bonds is 4. The van der Waals surface area contributed by atoms with Crippen LogP contribution in [0.15, 0.2) is 36.5 Å². The lowest BCUT2D eigenvalue weighted by Crippen LogP contribution is -2.31. The number of nitrogens with zero attached hydrogens (tertiary/aromatic N) is 3. The Balaban J connectivity index is 1.71. The Morgan fingerprint density at radius 2 is 1.95 bits per heavy atom. The van der Waals surface area contributed by atoms with E-state index in [2.05, 4.69) is 5.10 Å². The van der Waals surface area contributed by atoms with Crippen molar-refractivity contribution >= 4 is 11.8 Å². The van der Waals surface area contributed by atoms with Gasteiger partial charge >= 0.3 is 0 Å². The van der Waals surface area contributed by atoms with E-state index in [1.165, 1.54) is 17.0 Å². The first-order valence-corrected chi connectivity index (χ1v) is 7.10. The molecule has 1 saturated heterocycles. The van der Waals surface area contributed by atoms with E-state index in [1.807, 2.05) is 0 Å². The van der Waals surface area contributed by atoms with Crippen LogP contribution in [0.2, 0.25) is 0 Å². The molecule has 3 rings (SSSR count). The van der Waals surface area contributed by atoms with Crippen molar-refractivity contribution in [3.63, 3.8) is 0 Å². The van der Waals surface area contributed by atoms with Gasteiger partial charge in [0, 0.05) is 19.7 Å². The molecule has 0 unspecified atom stereocenters. The molecule has 0 N–H and O–H groups in total. The molecule has 2 heterocycles. The molecule has 114 valence electrons. The highest BCUT2D eigenvalue weighted by atomic mass is 19.1. The Kier molecular flexibility index (Phi) is 3.75. The fraction of sp³-hybridized carbons (Fsp3) is 0.312. The van der Waals surface area contributed by atoms with Crippen molar-refractivity contribution in [2.24, 2.45) is 13.0 Å². The fourth-order valence-corrected chi connectivity index (χ4v) is 2.70. The normalized spacial score (nSPS) is 18.3. The number of amides is 2. The van der Waals surface area contributed by atoms with Gasteiger partial charge in [0.25, 0.3) is 0 Å². The van der Waals surface area contributed by atoms with Crippen LogP contribution in [0.4, 0.5) is 4.39 Å². The SMILES string of the molecule is Cn1nccc1CN1C(=O)C[C@@H](Cc2ccc(F)cc2)C1=O. The number of aromatic nitrogens is 2. The second-order valence-corrected chi connectivity index (χ2v) is 5.50. The molecule has 0 spiro atoms. The van der Waals surface area contributed by atoms with E-state index in [9.17, 15) is 14.0 Å². The number of halogens is 1. The van der Waals surface area contributed by atoms with Gasteiger partial charge in [-0.05, 0) is 30.2 Å². The Bertz CT molecular complexity index is 708. The maximum atomic E-state index is 12.9. The topological polar surface area (TPSA) is 55.2 Å². The molecule has 1 aliphatic heterocycles. The van der Waals surface area contributed by atoms with Crippen molar-refractivity contribution in [1.82, 2.24) is 14.7 Å². The molecular formula is C16H16FN3O2. The molecular weight excluding hydrogens is 285 g/mol. The van der Waals surface area contributed by atoms with E-state index in [-0.39, 0.29) is 36.5 Å². The fourth-order valence-electron chi connectivity index (χ4n) is 2.70. The van der Waals surface area contributed by atoms with Crippen molar-refractivity contribution in [2.45, 2.75) is 19.4 Å². The van der Waals surface area contributed by atoms with Crippen LogP contribution < -0.4 is 0 Å². The number of aryl methyl sites for hydroxylation is 1. The summed E-state index contributed by atoms with van der Waals surface area (Å²) in [6.45, 7) is 0.244. The summed E-state index contributed by atoms with van der Waals surface area (Å²) in [5.74, 6) is -1.02. The van der Waals surface area contributed by atoms with Gasteiger partial charge in [-0.25, -0.2) is 4.39 Å². The maximum Gasteiger partial charge on any atom is 0.233 e. The van der Waals surface area contributed by atoms with Gasteiger partial charge in [0.05, 0.1) is 18.2 Å². The summed E-state index contributed by atoms with van der Waals surface area (Å²) in [7, 11) is 1.77. The minimum absolute atomic E-state index is 0.168. The average Bonchev–Trinajstić information content (AvgIpc) is 3.01. The molecule has 2 aromatic rings. The number of imide groups is 1. The highest BCUT2D eigenvalue weighted by molar-refractivity contribution is 6.03. The van der Waals surface area contributed by atoms with Crippen LogP contribution in [0, 0.1) is 11.7 Å². The molecule has 1 aliphatic rings. The summed E-state index contributed by atoms with van der Waals surface area (Å²) in [5.41, 5.74) is 1.67. The zero-order chi connectivity index (χ0) is 15.7. The van der Waals surface area contributed by atoms with Crippen molar-refractivity contribution in [3.8, 4) is 0 Å². The first-order chi connectivity index (χ1) is 10.5. The number of carbonyl (C=O) groups is 2. The minimum Gasteiger partial charge on any atom is -0.276 e. The number of hydrogen-bond donors (Lipinski definition) is 0. The predicted molar refractivity (Wildman–Crippen MR) is 77.0 cm³/mol. The molecule has 1 aromatic carbocycles. The second kappa shape index (κ2) is 5.71. The van der Waals surface area contributed by atoms with Gasteiger partial charge in [0.15, 0.2) is 0 Å². The van der Waals surface area contributed by atoms with E-state index >= 15 is 0 Å². The molecule has 0 saturated carbocycles. The van der Waals surface area contributed by atoms with Crippen LogP contribution in [-0.2, 0) is 29.6 Å². The van der Waals surface area contributed by atoms with E-state index in [0.29, 0.717) is 6.42 Å². The molecule has 1 aromatic heterocycles. The van der Waals surface area contributed by atoms with E-state index < -0.39 is 0 Å². The zero-order valence-electron chi connectivity index (χ0n) is 12.2. The molecule has 22 heavy (non-hydrogen) atoms. The van der Waals surface area contributed by atoms with Crippen LogP contribution in [0.1, 0.15) is 17.7 Å². The summed E-state index contributed by atoms with van der Waals surface area (Å²) in [4.78, 5) is 25.8. The first kappa shape index (κ1) is 14.4. The highest BCUT2D eigenvalue weighted by Crippen LogP contribution is 2.25. The lowest BCUT2D eigenvalue weighted by Gasteiger charge is -2.15. The van der Waals surface area contributed by atoms with Gasteiger partial charge in [0.1, 0.15) is 5.82 Å². The van der Waals surface area contributed by atoms with Gasteiger partial charge in [-0.15, -0.1) is 0 Å². The van der Waals surface area contributed by atoms with Crippen LogP contribution in [0.25, 0.3) is 0 Å². The number of hydrogen-bond acceptors (Lipinski definition) is 3. The lowest BCUT2D eigenvalue weighted by molar-refractivity contribution is -0.140. The summed E-state index contributed by atoms with van der Waals surface area (Å²) in [6.07, 6.45) is 2.29. The summed E-state index contributed by atoms with van der Waals surface area (Å²) in [5, 5.41) is 4.04. The summed E-state index contributed by atoms with van der Waals surface area (Å²) in [6, 6.07) is 7.82. The third-order valence-corrected chi connectivity index (χ3v) is 3.98. The average molecular weight is 301 g/mol. The zero-order valence-corrected chi connectivity index (χ0v) is 12.2. The van der Waals surface area contributed by atoms with Crippen LogP contribution >= 0.6 is 0 Å². The Hall–Kier alpha value is -2.50. The van der Waals surface area contributed by atoms with Crippen molar-refractivity contribution < 1.29 is 14.0 Å². The third-order valence-electron chi connectivity index (χ3n) is 3.98. The van der Waals surface area contributed by atoms with Crippen molar-refractivity contribution in [3.05, 3.63) is 53.6 Å². The molecule has 5 nitrogen and oxygen atoms in total. The van der Waals surface area contributed by atoms with Crippen LogP contribution in [0.3, 0.4) is 0 Å². The number of benzene rings is 1. The number of likely N-dealkylation sites (tertiary alicyclic amines) is 1. The van der Waals surface area contributed by atoms with Crippen LogP contribution in [-0.4, -0.2) is 26.5 Å². The largest absolute Gasteiger partial charge is 0.276 e. The molecule has 0 bridgehead atoms. The number of carbonyl (C=O) groups excluding carboxylic acids is 2. The predicted octanol–water partition coefficient (Wildman–Crippen LogP) is 1.68. The van der Waals surface area contributed by atoms with Gasteiger partial charge < -0.3 is 0 Å². The highest BCUT2D eigenvalue weighted by Gasteiger charge is 2.38. The van der Waals surface area contributed by atoms with Crippen LogP contribution in [0.5, 0.6) is 0 Å². The van der Waals surface area contributed by atoms with Gasteiger partial charge in [-0.1, -0.05) is 12.1 Å². The Morgan fingerprint density at radius 1 is 1.23 bits per heavy atom. The molecule has 1 fully saturated rings. The smallest absolute Gasteiger partial charge is 0.233 e. The lowest BCUT2D eigenvalue weighted by atomic mass is 9.98. The third kappa shape index (κ3) is 2.77. The molecule has 1 atom stereocenters. The first-order valence-electron chi connectivity index (χ1n) is 7.10. The molecule has 0 aliphatic carbocycles. The monoisotopic (exact) mass is 301 g/mol. The van der Waals surface area contributed by atoms with E-state index in [0.717, 1.165) is 11.3 Å². The molecule has 2 amide bonds. The minimum atomic E-state index is -0.369. The van der Waals surface area contributed by atoms with E-state index in [4.69, 9.17) is 0 Å². The van der Waals surface area contributed by atoms with E-state index in [1.54, 1.807) is 36.1 Å². The Labute approximate surface area is 127 Å². The van der Waals surface area contributed by atoms with Crippen molar-refractivity contribution in [1.29, 1.82) is 0 Å². The second-order valence-electron chi connectivity index (χ2n) is 5.50. The molecule has 6 heteroatoms. The standard InChI is InChI=1S/C16H16FN3O2/c1-19-14(6-7-18-19)10-20-15(21)9-12(16(20)22)8-11-2-4-13(17)5-3-11/h2-7,12H,8-10H2,1H3/t12-/m1/s1. The van der Waals surface area contributed by atoms with Gasteiger partial charge in [0.2, 0.25) is 11.8 Å². The summed E-state index contributed by atoms with van der Waals surface area (Å²) < 4.78 is 14.6. The quantitative estimate of drug-likeness (QED) is 0.807. The summed E-state index contributed by atoms with van der Waals surface area (Å²) >= 11 is 0.